The van der Waals surface area contributed by atoms with Crippen LogP contribution in [0.25, 0.3) is 0 Å². The largest absolute Gasteiger partial charge is 0.330 e. The van der Waals surface area contributed by atoms with Crippen LogP contribution >= 0.6 is 0 Å². The van der Waals surface area contributed by atoms with Gasteiger partial charge in [0.05, 0.1) is 0 Å². The molecule has 0 radical (unpaired) electrons. The Morgan fingerprint density at radius 3 is 2.15 bits per heavy atom. The minimum Gasteiger partial charge on any atom is -0.330 e. The van der Waals surface area contributed by atoms with E-state index in [1.807, 2.05) is 0 Å². The summed E-state index contributed by atoms with van der Waals surface area (Å²) >= 11 is 0. The molecular formula is C17H37N3. The zero-order valence-corrected chi connectivity index (χ0v) is 14.3. The predicted molar refractivity (Wildman–Crippen MR) is 89.0 cm³/mol. The summed E-state index contributed by atoms with van der Waals surface area (Å²) in [6.45, 7) is 16.5. The van der Waals surface area contributed by atoms with Gasteiger partial charge in [0.1, 0.15) is 0 Å². The fourth-order valence-corrected chi connectivity index (χ4v) is 3.29. The Bertz CT molecular complexity index is 234. The van der Waals surface area contributed by atoms with Gasteiger partial charge in [0.2, 0.25) is 0 Å². The molecule has 1 saturated heterocycles. The van der Waals surface area contributed by atoms with E-state index in [4.69, 9.17) is 5.73 Å². The Morgan fingerprint density at radius 1 is 1.00 bits per heavy atom. The summed E-state index contributed by atoms with van der Waals surface area (Å²) in [5, 5.41) is 0. The van der Waals surface area contributed by atoms with Crippen LogP contribution in [0.5, 0.6) is 0 Å². The highest BCUT2D eigenvalue weighted by Crippen LogP contribution is 2.20. The van der Waals surface area contributed by atoms with E-state index < -0.39 is 0 Å². The molecule has 3 heteroatoms. The second kappa shape index (κ2) is 9.75. The van der Waals surface area contributed by atoms with E-state index in [1.165, 1.54) is 58.4 Å². The molecule has 0 aromatic heterocycles. The third kappa shape index (κ3) is 6.11. The maximum absolute atomic E-state index is 5.72. The van der Waals surface area contributed by atoms with Crippen LogP contribution < -0.4 is 5.73 Å². The zero-order chi connectivity index (χ0) is 15.0. The van der Waals surface area contributed by atoms with Crippen molar-refractivity contribution in [1.82, 2.24) is 9.80 Å². The lowest BCUT2D eigenvalue weighted by atomic mass is 9.88. The molecule has 0 aliphatic carbocycles. The van der Waals surface area contributed by atoms with Crippen LogP contribution in [0.4, 0.5) is 0 Å². The van der Waals surface area contributed by atoms with Crippen LogP contribution in [0.1, 0.15) is 53.4 Å². The molecule has 2 unspecified atom stereocenters. The second-order valence-corrected chi connectivity index (χ2v) is 6.86. The van der Waals surface area contributed by atoms with Crippen molar-refractivity contribution in [2.45, 2.75) is 59.4 Å². The van der Waals surface area contributed by atoms with E-state index in [0.717, 1.165) is 24.4 Å². The molecule has 20 heavy (non-hydrogen) atoms. The first kappa shape index (κ1) is 17.9. The van der Waals surface area contributed by atoms with Crippen LogP contribution in [0.2, 0.25) is 0 Å². The number of piperazine rings is 1. The van der Waals surface area contributed by atoms with Crippen molar-refractivity contribution in [3.8, 4) is 0 Å². The molecule has 1 heterocycles. The summed E-state index contributed by atoms with van der Waals surface area (Å²) in [6, 6.07) is 0.757. The maximum atomic E-state index is 5.72. The van der Waals surface area contributed by atoms with Gasteiger partial charge in [-0.3, -0.25) is 4.90 Å². The lowest BCUT2D eigenvalue weighted by molar-refractivity contribution is 0.0979. The molecule has 3 nitrogen and oxygen atoms in total. The van der Waals surface area contributed by atoms with Crippen LogP contribution in [-0.4, -0.2) is 55.1 Å². The quantitative estimate of drug-likeness (QED) is 0.706. The van der Waals surface area contributed by atoms with E-state index in [-0.39, 0.29) is 0 Å². The highest BCUT2D eigenvalue weighted by atomic mass is 15.3. The molecule has 0 aromatic rings. The van der Waals surface area contributed by atoms with Crippen LogP contribution in [0.15, 0.2) is 0 Å². The topological polar surface area (TPSA) is 32.5 Å². The third-order valence-electron chi connectivity index (χ3n) is 5.15. The molecule has 1 fully saturated rings. The van der Waals surface area contributed by atoms with Gasteiger partial charge in [0.15, 0.2) is 0 Å². The van der Waals surface area contributed by atoms with Crippen molar-refractivity contribution >= 4 is 0 Å². The van der Waals surface area contributed by atoms with Crippen LogP contribution in [0, 0.1) is 11.8 Å². The normalized spacial score (nSPS) is 21.3. The van der Waals surface area contributed by atoms with E-state index in [1.54, 1.807) is 0 Å². The first-order valence-corrected chi connectivity index (χ1v) is 8.74. The fourth-order valence-electron chi connectivity index (χ4n) is 3.29. The first-order chi connectivity index (χ1) is 9.58. The molecule has 0 aromatic carbocycles. The Balaban J connectivity index is 2.17. The Morgan fingerprint density at radius 2 is 1.65 bits per heavy atom. The SMILES string of the molecule is CCC(C)N1CCN(CCCC(CCN)C(C)C)CC1. The molecule has 1 rings (SSSR count). The van der Waals surface area contributed by atoms with E-state index >= 15 is 0 Å². The summed E-state index contributed by atoms with van der Waals surface area (Å²) in [4.78, 5) is 5.29. The summed E-state index contributed by atoms with van der Waals surface area (Å²) < 4.78 is 0. The molecule has 120 valence electrons. The Labute approximate surface area is 126 Å². The minimum atomic E-state index is 0.757. The van der Waals surface area contributed by atoms with E-state index in [2.05, 4.69) is 37.5 Å². The van der Waals surface area contributed by atoms with Crippen molar-refractivity contribution in [2.24, 2.45) is 17.6 Å². The van der Waals surface area contributed by atoms with Gasteiger partial charge in [-0.05, 0) is 57.5 Å². The van der Waals surface area contributed by atoms with Crippen molar-refractivity contribution < 1.29 is 0 Å². The monoisotopic (exact) mass is 283 g/mol. The molecule has 2 N–H and O–H groups in total. The molecule has 0 spiro atoms. The maximum Gasteiger partial charge on any atom is 0.0113 e. The number of rotatable bonds is 9. The molecule has 1 aliphatic heterocycles. The minimum absolute atomic E-state index is 0.757. The lowest BCUT2D eigenvalue weighted by Crippen LogP contribution is -2.49. The highest BCUT2D eigenvalue weighted by Gasteiger charge is 2.20. The predicted octanol–water partition coefficient (Wildman–Crippen LogP) is 2.80. The summed E-state index contributed by atoms with van der Waals surface area (Å²) in [5.74, 6) is 1.60. The lowest BCUT2D eigenvalue weighted by Gasteiger charge is -2.38. The molecule has 0 amide bonds. The van der Waals surface area contributed by atoms with Crippen molar-refractivity contribution in [3.05, 3.63) is 0 Å². The van der Waals surface area contributed by atoms with Crippen LogP contribution in [-0.2, 0) is 0 Å². The first-order valence-electron chi connectivity index (χ1n) is 8.74. The average Bonchev–Trinajstić information content (AvgIpc) is 2.46. The summed E-state index contributed by atoms with van der Waals surface area (Å²) in [7, 11) is 0. The highest BCUT2D eigenvalue weighted by molar-refractivity contribution is 4.76. The van der Waals surface area contributed by atoms with Gasteiger partial charge in [0, 0.05) is 32.2 Å². The molecule has 0 saturated carbocycles. The fraction of sp³-hybridized carbons (Fsp3) is 1.00. The van der Waals surface area contributed by atoms with Gasteiger partial charge >= 0.3 is 0 Å². The summed E-state index contributed by atoms with van der Waals surface area (Å²) in [5.41, 5.74) is 5.72. The van der Waals surface area contributed by atoms with Gasteiger partial charge in [-0.15, -0.1) is 0 Å². The van der Waals surface area contributed by atoms with Gasteiger partial charge in [-0.1, -0.05) is 20.8 Å². The Kier molecular flexibility index (Phi) is 8.74. The zero-order valence-electron chi connectivity index (χ0n) is 14.3. The Hall–Kier alpha value is -0.120. The average molecular weight is 284 g/mol. The van der Waals surface area contributed by atoms with Gasteiger partial charge in [-0.25, -0.2) is 0 Å². The van der Waals surface area contributed by atoms with Crippen molar-refractivity contribution in [1.29, 1.82) is 0 Å². The summed E-state index contributed by atoms with van der Waals surface area (Å²) in [6.07, 6.45) is 5.15. The number of nitrogens with zero attached hydrogens (tertiary/aromatic N) is 2. The van der Waals surface area contributed by atoms with Crippen LogP contribution in [0.3, 0.4) is 0 Å². The molecule has 0 bridgehead atoms. The van der Waals surface area contributed by atoms with E-state index in [0.29, 0.717) is 0 Å². The molecule has 1 aliphatic rings. The number of hydrogen-bond acceptors (Lipinski definition) is 3. The number of hydrogen-bond donors (Lipinski definition) is 1. The smallest absolute Gasteiger partial charge is 0.0113 e. The molecule has 2 atom stereocenters. The van der Waals surface area contributed by atoms with Gasteiger partial charge in [0.25, 0.3) is 0 Å². The third-order valence-corrected chi connectivity index (χ3v) is 5.15. The standard InChI is InChI=1S/C17H37N3/c1-5-16(4)20-13-11-19(12-14-20)10-6-7-17(8-9-18)15(2)3/h15-17H,5-14,18H2,1-4H3. The van der Waals surface area contributed by atoms with Crippen molar-refractivity contribution in [2.75, 3.05) is 39.3 Å². The molecular weight excluding hydrogens is 246 g/mol. The van der Waals surface area contributed by atoms with Gasteiger partial charge < -0.3 is 10.6 Å². The van der Waals surface area contributed by atoms with Crippen molar-refractivity contribution in [3.63, 3.8) is 0 Å². The van der Waals surface area contributed by atoms with Gasteiger partial charge in [-0.2, -0.15) is 0 Å². The van der Waals surface area contributed by atoms with E-state index in [9.17, 15) is 0 Å². The number of nitrogens with two attached hydrogens (primary N) is 1. The second-order valence-electron chi connectivity index (χ2n) is 6.86.